The molecule has 1 fully saturated rings. The molecule has 0 spiro atoms. The zero-order valence-electron chi connectivity index (χ0n) is 17.7. The maximum atomic E-state index is 12.9. The summed E-state index contributed by atoms with van der Waals surface area (Å²) in [5.41, 5.74) is 2.14. The van der Waals surface area contributed by atoms with Gasteiger partial charge >= 0.3 is 0 Å². The molecular formula is C25H24N4O3. The van der Waals surface area contributed by atoms with Gasteiger partial charge in [-0.25, -0.2) is 0 Å². The SMILES string of the molecule is O=C(c1ccc(Cn2ccccc2=O)o1)N1CCN(Cc2cccc3cccnc23)CC1. The number of benzene rings is 1. The van der Waals surface area contributed by atoms with Crippen LogP contribution in [-0.2, 0) is 13.1 Å². The van der Waals surface area contributed by atoms with Gasteiger partial charge in [-0.2, -0.15) is 0 Å². The smallest absolute Gasteiger partial charge is 0.289 e. The van der Waals surface area contributed by atoms with Crippen molar-refractivity contribution in [1.29, 1.82) is 0 Å². The van der Waals surface area contributed by atoms with E-state index in [0.717, 1.165) is 30.5 Å². The Morgan fingerprint density at radius 3 is 2.59 bits per heavy atom. The van der Waals surface area contributed by atoms with E-state index in [9.17, 15) is 9.59 Å². The molecule has 0 aliphatic carbocycles. The molecule has 162 valence electrons. The Bertz CT molecular complexity index is 1300. The molecule has 3 aromatic heterocycles. The molecule has 1 aliphatic rings. The second-order valence-corrected chi connectivity index (χ2v) is 7.99. The fourth-order valence-corrected chi connectivity index (χ4v) is 4.14. The molecule has 1 aliphatic heterocycles. The fourth-order valence-electron chi connectivity index (χ4n) is 4.14. The maximum Gasteiger partial charge on any atom is 0.289 e. The third-order valence-corrected chi connectivity index (χ3v) is 5.87. The second kappa shape index (κ2) is 8.80. The van der Waals surface area contributed by atoms with Gasteiger partial charge in [0.25, 0.3) is 11.5 Å². The molecule has 7 nitrogen and oxygen atoms in total. The Morgan fingerprint density at radius 2 is 1.75 bits per heavy atom. The number of carbonyl (C=O) groups excluding carboxylic acids is 1. The third-order valence-electron chi connectivity index (χ3n) is 5.87. The number of aromatic nitrogens is 2. The number of hydrogen-bond donors (Lipinski definition) is 0. The normalized spacial score (nSPS) is 14.7. The van der Waals surface area contributed by atoms with E-state index < -0.39 is 0 Å². The van der Waals surface area contributed by atoms with Crippen LogP contribution in [0.1, 0.15) is 21.9 Å². The molecule has 0 bridgehead atoms. The molecule has 0 unspecified atom stereocenters. The molecule has 0 radical (unpaired) electrons. The number of amides is 1. The van der Waals surface area contributed by atoms with E-state index in [1.54, 1.807) is 35.0 Å². The highest BCUT2D eigenvalue weighted by Gasteiger charge is 2.24. The minimum atomic E-state index is -0.108. The first-order valence-corrected chi connectivity index (χ1v) is 10.8. The van der Waals surface area contributed by atoms with Crippen LogP contribution in [-0.4, -0.2) is 51.4 Å². The fraction of sp³-hybridized carbons (Fsp3) is 0.240. The zero-order chi connectivity index (χ0) is 21.9. The van der Waals surface area contributed by atoms with Crippen molar-refractivity contribution >= 4 is 16.8 Å². The number of carbonyl (C=O) groups is 1. The van der Waals surface area contributed by atoms with Crippen molar-refractivity contribution in [3.8, 4) is 0 Å². The lowest BCUT2D eigenvalue weighted by molar-refractivity contribution is 0.0596. The first-order valence-electron chi connectivity index (χ1n) is 10.8. The van der Waals surface area contributed by atoms with Gasteiger partial charge in [0.2, 0.25) is 0 Å². The first kappa shape index (κ1) is 20.2. The lowest BCUT2D eigenvalue weighted by Crippen LogP contribution is -2.48. The quantitative estimate of drug-likeness (QED) is 0.489. The lowest BCUT2D eigenvalue weighted by Gasteiger charge is -2.34. The summed E-state index contributed by atoms with van der Waals surface area (Å²) in [6.45, 7) is 3.99. The Kier molecular flexibility index (Phi) is 5.56. The van der Waals surface area contributed by atoms with Crippen LogP contribution >= 0.6 is 0 Å². The van der Waals surface area contributed by atoms with Crippen molar-refractivity contribution in [2.75, 3.05) is 26.2 Å². The number of rotatable bonds is 5. The van der Waals surface area contributed by atoms with Crippen LogP contribution < -0.4 is 5.56 Å². The van der Waals surface area contributed by atoms with Crippen molar-refractivity contribution in [2.45, 2.75) is 13.1 Å². The summed E-state index contributed by atoms with van der Waals surface area (Å²) < 4.78 is 7.31. The molecule has 0 N–H and O–H groups in total. The summed E-state index contributed by atoms with van der Waals surface area (Å²) in [6.07, 6.45) is 3.53. The van der Waals surface area contributed by atoms with Crippen molar-refractivity contribution in [1.82, 2.24) is 19.4 Å². The number of fused-ring (bicyclic) bond motifs is 1. The van der Waals surface area contributed by atoms with Gasteiger partial charge in [-0.3, -0.25) is 19.5 Å². The highest BCUT2D eigenvalue weighted by atomic mass is 16.4. The Balaban J connectivity index is 1.20. The zero-order valence-corrected chi connectivity index (χ0v) is 17.7. The third kappa shape index (κ3) is 4.20. The van der Waals surface area contributed by atoms with Crippen molar-refractivity contribution in [3.05, 3.63) is 100 Å². The number of hydrogen-bond acceptors (Lipinski definition) is 5. The lowest BCUT2D eigenvalue weighted by atomic mass is 10.1. The van der Waals surface area contributed by atoms with Crippen LogP contribution in [0.25, 0.3) is 10.9 Å². The van der Waals surface area contributed by atoms with E-state index in [-0.39, 0.29) is 11.5 Å². The average molecular weight is 428 g/mol. The molecule has 0 saturated carbocycles. The largest absolute Gasteiger partial charge is 0.454 e. The number of pyridine rings is 2. The standard InChI is InChI=1S/C25H24N4O3/c30-23-8-1-2-12-29(23)18-21-9-10-22(32-21)25(31)28-15-13-27(14-16-28)17-20-6-3-5-19-7-4-11-26-24(19)20/h1-12H,13-18H2. The number of nitrogens with zero attached hydrogens (tertiary/aromatic N) is 4. The summed E-state index contributed by atoms with van der Waals surface area (Å²) in [7, 11) is 0. The van der Waals surface area contributed by atoms with Crippen molar-refractivity contribution in [3.63, 3.8) is 0 Å². The summed E-state index contributed by atoms with van der Waals surface area (Å²) in [4.78, 5) is 33.5. The van der Waals surface area contributed by atoms with E-state index in [0.29, 0.717) is 31.2 Å². The van der Waals surface area contributed by atoms with Gasteiger partial charge in [0.05, 0.1) is 12.1 Å². The van der Waals surface area contributed by atoms with Gasteiger partial charge in [-0.1, -0.05) is 30.3 Å². The highest BCUT2D eigenvalue weighted by molar-refractivity contribution is 5.91. The van der Waals surface area contributed by atoms with E-state index in [2.05, 4.69) is 34.1 Å². The molecule has 0 atom stereocenters. The van der Waals surface area contributed by atoms with Gasteiger partial charge < -0.3 is 13.9 Å². The Morgan fingerprint density at radius 1 is 0.906 bits per heavy atom. The van der Waals surface area contributed by atoms with Gasteiger partial charge in [0, 0.05) is 56.6 Å². The van der Waals surface area contributed by atoms with Gasteiger partial charge in [0.1, 0.15) is 5.76 Å². The Hall–Kier alpha value is -3.71. The van der Waals surface area contributed by atoms with Crippen LogP contribution in [0.2, 0.25) is 0 Å². The molecule has 7 heteroatoms. The van der Waals surface area contributed by atoms with Crippen LogP contribution in [0.5, 0.6) is 0 Å². The molecule has 1 amide bonds. The predicted octanol–water partition coefficient (Wildman–Crippen LogP) is 3.00. The molecule has 5 rings (SSSR count). The van der Waals surface area contributed by atoms with Crippen LogP contribution in [0.15, 0.2) is 82.3 Å². The minimum Gasteiger partial charge on any atom is -0.454 e. The summed E-state index contributed by atoms with van der Waals surface area (Å²) in [5, 5.41) is 1.14. The predicted molar refractivity (Wildman–Crippen MR) is 121 cm³/mol. The van der Waals surface area contributed by atoms with Crippen LogP contribution in [0.3, 0.4) is 0 Å². The number of para-hydroxylation sites is 1. The monoisotopic (exact) mass is 428 g/mol. The molecule has 4 heterocycles. The highest BCUT2D eigenvalue weighted by Crippen LogP contribution is 2.19. The van der Waals surface area contributed by atoms with Crippen molar-refractivity contribution in [2.24, 2.45) is 0 Å². The van der Waals surface area contributed by atoms with E-state index >= 15 is 0 Å². The van der Waals surface area contributed by atoms with Crippen molar-refractivity contribution < 1.29 is 9.21 Å². The summed E-state index contributed by atoms with van der Waals surface area (Å²) in [6, 6.07) is 18.7. The van der Waals surface area contributed by atoms with E-state index in [1.165, 1.54) is 11.6 Å². The van der Waals surface area contributed by atoms with E-state index in [1.807, 2.05) is 17.2 Å². The van der Waals surface area contributed by atoms with Gasteiger partial charge in [0.15, 0.2) is 5.76 Å². The van der Waals surface area contributed by atoms with Crippen LogP contribution in [0, 0.1) is 0 Å². The molecule has 32 heavy (non-hydrogen) atoms. The molecule has 1 saturated heterocycles. The first-order chi connectivity index (χ1) is 15.7. The van der Waals surface area contributed by atoms with Gasteiger partial charge in [-0.15, -0.1) is 0 Å². The molecule has 1 aromatic carbocycles. The number of piperazine rings is 1. The topological polar surface area (TPSA) is 71.6 Å². The van der Waals surface area contributed by atoms with E-state index in [4.69, 9.17) is 4.42 Å². The van der Waals surface area contributed by atoms with Crippen LogP contribution in [0.4, 0.5) is 0 Å². The van der Waals surface area contributed by atoms with Gasteiger partial charge in [-0.05, 0) is 29.8 Å². The summed E-state index contributed by atoms with van der Waals surface area (Å²) in [5.74, 6) is 0.794. The average Bonchev–Trinajstić information content (AvgIpc) is 3.29. The number of furan rings is 1. The minimum absolute atomic E-state index is 0.103. The Labute approximate surface area is 185 Å². The molecular weight excluding hydrogens is 404 g/mol. The maximum absolute atomic E-state index is 12.9. The molecule has 4 aromatic rings. The second-order valence-electron chi connectivity index (χ2n) is 7.99. The summed E-state index contributed by atoms with van der Waals surface area (Å²) >= 11 is 0.